The Kier molecular flexibility index (Phi) is 8.22. The number of amides is 2. The SMILES string of the molecule is CC(C)(C)c1cc(NC(=O)Nc2ccc(-c3ccc(CN4CCOCC4)nc3)c3ccccc23)n(Cc2ccccc2)n1. The Bertz CT molecular complexity index is 1700. The molecule has 6 rings (SSSR count). The van der Waals surface area contributed by atoms with Crippen molar-refractivity contribution in [3.05, 3.63) is 108 Å². The Hall–Kier alpha value is -4.53. The second-order valence-corrected chi connectivity index (χ2v) is 12.0. The molecular weight excluding hydrogens is 536 g/mol. The van der Waals surface area contributed by atoms with Crippen LogP contribution in [0.1, 0.15) is 37.7 Å². The first-order valence-electron chi connectivity index (χ1n) is 14.8. The lowest BCUT2D eigenvalue weighted by Crippen LogP contribution is -2.35. The molecule has 2 N–H and O–H groups in total. The number of nitrogens with zero attached hydrogens (tertiary/aromatic N) is 4. The first-order chi connectivity index (χ1) is 20.8. The van der Waals surface area contributed by atoms with E-state index in [1.54, 1.807) is 0 Å². The maximum atomic E-state index is 13.4. The van der Waals surface area contributed by atoms with Gasteiger partial charge in [0.25, 0.3) is 0 Å². The number of urea groups is 1. The molecule has 2 aromatic heterocycles. The zero-order valence-electron chi connectivity index (χ0n) is 25.0. The van der Waals surface area contributed by atoms with E-state index in [1.165, 1.54) is 0 Å². The van der Waals surface area contributed by atoms with Crippen molar-refractivity contribution in [2.45, 2.75) is 39.3 Å². The normalized spacial score (nSPS) is 14.1. The van der Waals surface area contributed by atoms with Gasteiger partial charge in [0, 0.05) is 48.3 Å². The summed E-state index contributed by atoms with van der Waals surface area (Å²) in [6.45, 7) is 11.2. The molecule has 0 radical (unpaired) electrons. The number of nitrogens with one attached hydrogen (secondary N) is 2. The van der Waals surface area contributed by atoms with Gasteiger partial charge in [-0.3, -0.25) is 15.2 Å². The Labute approximate surface area is 252 Å². The Balaban J connectivity index is 1.22. The quantitative estimate of drug-likeness (QED) is 0.220. The van der Waals surface area contributed by atoms with Gasteiger partial charge >= 0.3 is 6.03 Å². The number of fused-ring (bicyclic) bond motifs is 1. The minimum atomic E-state index is -0.318. The van der Waals surface area contributed by atoms with Crippen LogP contribution in [0.25, 0.3) is 21.9 Å². The molecule has 0 bridgehead atoms. The lowest BCUT2D eigenvalue weighted by atomic mass is 9.92. The topological polar surface area (TPSA) is 84.3 Å². The number of rotatable bonds is 7. The molecule has 0 saturated carbocycles. The van der Waals surface area contributed by atoms with Crippen molar-refractivity contribution in [3.8, 4) is 11.1 Å². The molecule has 1 aliphatic rings. The molecule has 1 fully saturated rings. The number of carbonyl (C=O) groups excluding carboxylic acids is 1. The highest BCUT2D eigenvalue weighted by atomic mass is 16.5. The largest absolute Gasteiger partial charge is 0.379 e. The summed E-state index contributed by atoms with van der Waals surface area (Å²) in [6.07, 6.45) is 1.94. The fraction of sp³-hybridized carbons (Fsp3) is 0.286. The maximum absolute atomic E-state index is 13.4. The van der Waals surface area contributed by atoms with E-state index in [4.69, 9.17) is 14.8 Å². The van der Waals surface area contributed by atoms with Crippen molar-refractivity contribution in [1.29, 1.82) is 0 Å². The lowest BCUT2D eigenvalue weighted by molar-refractivity contribution is 0.0336. The second kappa shape index (κ2) is 12.4. The van der Waals surface area contributed by atoms with Gasteiger partial charge in [0.2, 0.25) is 0 Å². The number of hydrogen-bond donors (Lipinski definition) is 2. The number of benzene rings is 3. The van der Waals surface area contributed by atoms with Crippen molar-refractivity contribution in [2.75, 3.05) is 36.9 Å². The van der Waals surface area contributed by atoms with Crippen molar-refractivity contribution in [3.63, 3.8) is 0 Å². The predicted octanol–water partition coefficient (Wildman–Crippen LogP) is 6.92. The van der Waals surface area contributed by atoms with Crippen LogP contribution in [0.2, 0.25) is 0 Å². The maximum Gasteiger partial charge on any atom is 0.324 e. The van der Waals surface area contributed by atoms with Gasteiger partial charge in [-0.05, 0) is 28.6 Å². The number of carbonyl (C=O) groups is 1. The van der Waals surface area contributed by atoms with Gasteiger partial charge in [0.1, 0.15) is 5.82 Å². The van der Waals surface area contributed by atoms with Gasteiger partial charge in [0.05, 0.1) is 36.8 Å². The summed E-state index contributed by atoms with van der Waals surface area (Å²) in [6, 6.07) is 28.1. The standard InChI is InChI=1S/C35H38N6O2/c1-35(2,3)32-21-33(41(39-32)23-25-9-5-4-6-10-25)38-34(42)37-31-16-15-28(29-11-7-8-12-30(29)31)26-13-14-27(36-22-26)24-40-17-19-43-20-18-40/h4-16,21-22H,17-20,23-24H2,1-3H3,(H2,37,38,42). The van der Waals surface area contributed by atoms with Gasteiger partial charge in [-0.15, -0.1) is 0 Å². The third-order valence-electron chi connectivity index (χ3n) is 7.76. The average Bonchev–Trinajstić information content (AvgIpc) is 3.41. The van der Waals surface area contributed by atoms with Gasteiger partial charge in [-0.25, -0.2) is 9.48 Å². The van der Waals surface area contributed by atoms with E-state index in [0.29, 0.717) is 12.4 Å². The van der Waals surface area contributed by atoms with E-state index in [0.717, 1.165) is 77.4 Å². The smallest absolute Gasteiger partial charge is 0.324 e. The Morgan fingerprint density at radius 1 is 0.860 bits per heavy atom. The van der Waals surface area contributed by atoms with Crippen LogP contribution >= 0.6 is 0 Å². The summed E-state index contributed by atoms with van der Waals surface area (Å²) in [4.78, 5) is 20.5. The zero-order valence-corrected chi connectivity index (χ0v) is 25.0. The molecule has 43 heavy (non-hydrogen) atoms. The third kappa shape index (κ3) is 6.77. The Morgan fingerprint density at radius 2 is 1.60 bits per heavy atom. The van der Waals surface area contributed by atoms with E-state index < -0.39 is 0 Å². The third-order valence-corrected chi connectivity index (χ3v) is 7.76. The summed E-state index contributed by atoms with van der Waals surface area (Å²) in [5.74, 6) is 0.649. The molecule has 1 aliphatic heterocycles. The highest BCUT2D eigenvalue weighted by molar-refractivity contribution is 6.09. The number of anilines is 2. The highest BCUT2D eigenvalue weighted by Crippen LogP contribution is 2.33. The predicted molar refractivity (Wildman–Crippen MR) is 172 cm³/mol. The highest BCUT2D eigenvalue weighted by Gasteiger charge is 2.21. The number of pyridine rings is 1. The Morgan fingerprint density at radius 3 is 2.33 bits per heavy atom. The molecule has 0 aliphatic carbocycles. The first-order valence-corrected chi connectivity index (χ1v) is 14.8. The van der Waals surface area contributed by atoms with Crippen LogP contribution in [0.3, 0.4) is 0 Å². The van der Waals surface area contributed by atoms with E-state index in [-0.39, 0.29) is 11.4 Å². The van der Waals surface area contributed by atoms with Crippen LogP contribution in [-0.4, -0.2) is 52.0 Å². The van der Waals surface area contributed by atoms with Gasteiger partial charge in [-0.1, -0.05) is 87.5 Å². The average molecular weight is 575 g/mol. The molecule has 1 saturated heterocycles. The van der Waals surface area contributed by atoms with Crippen molar-refractivity contribution >= 4 is 28.3 Å². The number of ether oxygens (including phenoxy) is 1. The van der Waals surface area contributed by atoms with Crippen LogP contribution in [0, 0.1) is 0 Å². The molecule has 0 unspecified atom stereocenters. The second-order valence-electron chi connectivity index (χ2n) is 12.0. The van der Waals surface area contributed by atoms with E-state index >= 15 is 0 Å². The monoisotopic (exact) mass is 574 g/mol. The van der Waals surface area contributed by atoms with E-state index in [1.807, 2.05) is 65.5 Å². The first kappa shape index (κ1) is 28.6. The van der Waals surface area contributed by atoms with Gasteiger partial charge in [0.15, 0.2) is 0 Å². The molecule has 2 amide bonds. The number of morpholine rings is 1. The summed E-state index contributed by atoms with van der Waals surface area (Å²) >= 11 is 0. The van der Waals surface area contributed by atoms with Crippen LogP contribution in [0.4, 0.5) is 16.3 Å². The van der Waals surface area contributed by atoms with Gasteiger partial charge < -0.3 is 10.1 Å². The molecular formula is C35H38N6O2. The van der Waals surface area contributed by atoms with Crippen LogP contribution in [0.15, 0.2) is 91.1 Å². The molecule has 3 aromatic carbocycles. The summed E-state index contributed by atoms with van der Waals surface area (Å²) in [5, 5.41) is 13.0. The lowest BCUT2D eigenvalue weighted by Gasteiger charge is -2.26. The molecule has 8 nitrogen and oxygen atoms in total. The summed E-state index contributed by atoms with van der Waals surface area (Å²) in [7, 11) is 0. The van der Waals surface area contributed by atoms with E-state index in [9.17, 15) is 4.79 Å². The molecule has 0 atom stereocenters. The molecule has 8 heteroatoms. The summed E-state index contributed by atoms with van der Waals surface area (Å²) in [5.41, 5.74) is 5.76. The number of hydrogen-bond acceptors (Lipinski definition) is 5. The summed E-state index contributed by atoms with van der Waals surface area (Å²) < 4.78 is 7.32. The fourth-order valence-electron chi connectivity index (χ4n) is 5.36. The molecule has 0 spiro atoms. The van der Waals surface area contributed by atoms with Crippen LogP contribution in [0.5, 0.6) is 0 Å². The molecule has 5 aromatic rings. The van der Waals surface area contributed by atoms with Crippen molar-refractivity contribution < 1.29 is 9.53 Å². The molecule has 3 heterocycles. The van der Waals surface area contributed by atoms with Crippen LogP contribution in [-0.2, 0) is 23.2 Å². The minimum absolute atomic E-state index is 0.156. The van der Waals surface area contributed by atoms with Gasteiger partial charge in [-0.2, -0.15) is 5.10 Å². The van der Waals surface area contributed by atoms with Crippen molar-refractivity contribution in [2.24, 2.45) is 0 Å². The van der Waals surface area contributed by atoms with Crippen LogP contribution < -0.4 is 10.6 Å². The zero-order chi connectivity index (χ0) is 29.8. The van der Waals surface area contributed by atoms with Crippen molar-refractivity contribution in [1.82, 2.24) is 19.7 Å². The van der Waals surface area contributed by atoms with E-state index in [2.05, 4.69) is 66.6 Å². The minimum Gasteiger partial charge on any atom is -0.379 e. The molecule has 220 valence electrons. The number of aromatic nitrogens is 3. The fourth-order valence-corrected chi connectivity index (χ4v) is 5.36.